The number of thiophene rings is 1. The van der Waals surface area contributed by atoms with Gasteiger partial charge in [-0.25, -0.2) is 0 Å². The Morgan fingerprint density at radius 1 is 1.50 bits per heavy atom. The lowest BCUT2D eigenvalue weighted by Gasteiger charge is -2.33. The maximum absolute atomic E-state index is 11.5. The molecule has 1 unspecified atom stereocenters. The molecule has 2 rings (SSSR count). The van der Waals surface area contributed by atoms with E-state index in [1.54, 1.807) is 11.3 Å². The van der Waals surface area contributed by atoms with Crippen LogP contribution in [-0.2, 0) is 9.53 Å². The number of ether oxygens (including phenoxy) is 1. The first-order valence-electron chi connectivity index (χ1n) is 8.55. The van der Waals surface area contributed by atoms with Gasteiger partial charge < -0.3 is 20.3 Å². The predicted molar refractivity (Wildman–Crippen MR) is 99.8 cm³/mol. The van der Waals surface area contributed by atoms with Crippen molar-refractivity contribution in [2.45, 2.75) is 32.7 Å². The van der Waals surface area contributed by atoms with Gasteiger partial charge in [0.05, 0.1) is 24.6 Å². The number of esters is 1. The highest BCUT2D eigenvalue weighted by molar-refractivity contribution is 7.14. The summed E-state index contributed by atoms with van der Waals surface area (Å²) in [7, 11) is 1.41. The topological polar surface area (TPSA) is 66.0 Å². The fraction of sp³-hybridized carbons (Fsp3) is 0.647. The van der Waals surface area contributed by atoms with Crippen LogP contribution in [0.15, 0.2) is 22.5 Å². The molecule has 0 aromatic carbocycles. The van der Waals surface area contributed by atoms with Crippen LogP contribution in [0.3, 0.4) is 0 Å². The molecule has 24 heavy (non-hydrogen) atoms. The molecular formula is C17H28N4O2S. The van der Waals surface area contributed by atoms with Crippen molar-refractivity contribution < 1.29 is 9.53 Å². The molecule has 1 aromatic rings. The quantitative estimate of drug-likeness (QED) is 0.466. The van der Waals surface area contributed by atoms with Crippen molar-refractivity contribution in [1.29, 1.82) is 0 Å². The number of rotatable bonds is 6. The molecule has 0 amide bonds. The Balaban J connectivity index is 1.83. The Kier molecular flexibility index (Phi) is 7.36. The summed E-state index contributed by atoms with van der Waals surface area (Å²) < 4.78 is 4.75. The standard InChI is InChI=1S/C17H28N4O2S/c1-4-18-17(19-12-13(2)16(22)23-3)20-14-7-9-21(10-8-14)15-6-5-11-24-15/h5-6,11,13-14H,4,7-10,12H2,1-3H3,(H2,18,19,20). The number of anilines is 1. The van der Waals surface area contributed by atoms with Gasteiger partial charge in [-0.1, -0.05) is 6.92 Å². The highest BCUT2D eigenvalue weighted by Crippen LogP contribution is 2.24. The van der Waals surface area contributed by atoms with E-state index in [0.717, 1.165) is 38.4 Å². The molecule has 1 fully saturated rings. The van der Waals surface area contributed by atoms with Crippen molar-refractivity contribution >= 4 is 28.3 Å². The third-order valence-electron chi connectivity index (χ3n) is 4.12. The molecular weight excluding hydrogens is 324 g/mol. The average molecular weight is 353 g/mol. The average Bonchev–Trinajstić information content (AvgIpc) is 3.14. The Labute approximate surface area is 148 Å². The van der Waals surface area contributed by atoms with Gasteiger partial charge in [0.2, 0.25) is 0 Å². The number of nitrogens with one attached hydrogen (secondary N) is 2. The number of methoxy groups -OCH3 is 1. The minimum Gasteiger partial charge on any atom is -0.469 e. The van der Waals surface area contributed by atoms with Crippen LogP contribution in [0.25, 0.3) is 0 Å². The molecule has 7 heteroatoms. The highest BCUT2D eigenvalue weighted by atomic mass is 32.1. The van der Waals surface area contributed by atoms with Crippen LogP contribution in [0.4, 0.5) is 5.00 Å². The molecule has 1 aromatic heterocycles. The number of guanidine groups is 1. The predicted octanol–water partition coefficient (Wildman–Crippen LogP) is 2.08. The van der Waals surface area contributed by atoms with E-state index in [4.69, 9.17) is 4.74 Å². The molecule has 1 atom stereocenters. The van der Waals surface area contributed by atoms with Crippen molar-refractivity contribution in [3.05, 3.63) is 17.5 Å². The molecule has 1 aliphatic rings. The fourth-order valence-corrected chi connectivity index (χ4v) is 3.50. The van der Waals surface area contributed by atoms with Crippen LogP contribution in [0.1, 0.15) is 26.7 Å². The molecule has 0 aliphatic carbocycles. The maximum Gasteiger partial charge on any atom is 0.310 e. The fourth-order valence-electron chi connectivity index (χ4n) is 2.71. The Morgan fingerprint density at radius 2 is 2.25 bits per heavy atom. The summed E-state index contributed by atoms with van der Waals surface area (Å²) in [4.78, 5) is 18.4. The first-order valence-corrected chi connectivity index (χ1v) is 9.43. The molecule has 2 heterocycles. The smallest absolute Gasteiger partial charge is 0.310 e. The summed E-state index contributed by atoms with van der Waals surface area (Å²) in [5.74, 6) is 0.327. The van der Waals surface area contributed by atoms with Crippen molar-refractivity contribution in [2.24, 2.45) is 10.9 Å². The van der Waals surface area contributed by atoms with Gasteiger partial charge in [-0.05, 0) is 37.3 Å². The van der Waals surface area contributed by atoms with Gasteiger partial charge in [0.15, 0.2) is 5.96 Å². The molecule has 0 bridgehead atoms. The SMILES string of the molecule is CCNC(=NCC(C)C(=O)OC)NC1CCN(c2cccs2)CC1. The molecule has 1 saturated heterocycles. The first-order chi connectivity index (χ1) is 11.6. The van der Waals surface area contributed by atoms with Gasteiger partial charge in [0.25, 0.3) is 0 Å². The lowest BCUT2D eigenvalue weighted by molar-refractivity contribution is -0.144. The number of piperidine rings is 1. The van der Waals surface area contributed by atoms with Crippen LogP contribution in [0, 0.1) is 5.92 Å². The van der Waals surface area contributed by atoms with E-state index in [1.807, 2.05) is 13.8 Å². The summed E-state index contributed by atoms with van der Waals surface area (Å²) in [5.41, 5.74) is 0. The van der Waals surface area contributed by atoms with Crippen LogP contribution in [0.2, 0.25) is 0 Å². The third kappa shape index (κ3) is 5.40. The van der Waals surface area contributed by atoms with Crippen molar-refractivity contribution in [2.75, 3.05) is 38.2 Å². The zero-order chi connectivity index (χ0) is 17.4. The van der Waals surface area contributed by atoms with Gasteiger partial charge >= 0.3 is 5.97 Å². The Hall–Kier alpha value is -1.76. The number of aliphatic imine (C=N–C) groups is 1. The van der Waals surface area contributed by atoms with Gasteiger partial charge in [-0.3, -0.25) is 9.79 Å². The second-order valence-corrected chi connectivity index (χ2v) is 6.93. The summed E-state index contributed by atoms with van der Waals surface area (Å²) in [6.45, 7) is 7.20. The largest absolute Gasteiger partial charge is 0.469 e. The lowest BCUT2D eigenvalue weighted by atomic mass is 10.1. The van der Waals surface area contributed by atoms with Crippen LogP contribution < -0.4 is 15.5 Å². The number of hydrogen-bond donors (Lipinski definition) is 2. The summed E-state index contributed by atoms with van der Waals surface area (Å²) in [5, 5.41) is 10.2. The Bertz CT molecular complexity index is 525. The van der Waals surface area contributed by atoms with E-state index >= 15 is 0 Å². The van der Waals surface area contributed by atoms with Crippen molar-refractivity contribution in [1.82, 2.24) is 10.6 Å². The maximum atomic E-state index is 11.5. The van der Waals surface area contributed by atoms with Gasteiger partial charge in [0, 0.05) is 25.7 Å². The summed E-state index contributed by atoms with van der Waals surface area (Å²) in [6, 6.07) is 4.69. The zero-order valence-electron chi connectivity index (χ0n) is 14.7. The number of nitrogens with zero attached hydrogens (tertiary/aromatic N) is 2. The first kappa shape index (κ1) is 18.6. The third-order valence-corrected chi connectivity index (χ3v) is 5.05. The van der Waals surface area contributed by atoms with Crippen molar-refractivity contribution in [3.63, 3.8) is 0 Å². The molecule has 0 spiro atoms. The number of carbonyl (C=O) groups is 1. The molecule has 6 nitrogen and oxygen atoms in total. The molecule has 0 saturated carbocycles. The van der Waals surface area contributed by atoms with Gasteiger partial charge in [-0.2, -0.15) is 0 Å². The monoisotopic (exact) mass is 352 g/mol. The van der Waals surface area contributed by atoms with E-state index < -0.39 is 0 Å². The summed E-state index contributed by atoms with van der Waals surface area (Å²) >= 11 is 1.79. The second-order valence-electron chi connectivity index (χ2n) is 6.00. The Morgan fingerprint density at radius 3 is 2.83 bits per heavy atom. The van der Waals surface area contributed by atoms with Crippen LogP contribution in [0.5, 0.6) is 0 Å². The molecule has 2 N–H and O–H groups in total. The number of carbonyl (C=O) groups excluding carboxylic acids is 1. The molecule has 1 aliphatic heterocycles. The normalized spacial score (nSPS) is 17.5. The second kappa shape index (κ2) is 9.52. The van der Waals surface area contributed by atoms with Crippen molar-refractivity contribution in [3.8, 4) is 0 Å². The molecule has 134 valence electrons. The van der Waals surface area contributed by atoms with Crippen LogP contribution in [-0.4, -0.2) is 51.3 Å². The zero-order valence-corrected chi connectivity index (χ0v) is 15.6. The van der Waals surface area contributed by atoms with E-state index in [2.05, 4.69) is 38.0 Å². The minimum absolute atomic E-state index is 0.223. The van der Waals surface area contributed by atoms with Crippen LogP contribution >= 0.6 is 11.3 Å². The lowest BCUT2D eigenvalue weighted by Crippen LogP contribution is -2.48. The van der Waals surface area contributed by atoms with E-state index in [0.29, 0.717) is 12.6 Å². The highest BCUT2D eigenvalue weighted by Gasteiger charge is 2.21. The minimum atomic E-state index is -0.230. The van der Waals surface area contributed by atoms with Gasteiger partial charge in [0.1, 0.15) is 0 Å². The van der Waals surface area contributed by atoms with Gasteiger partial charge in [-0.15, -0.1) is 11.3 Å². The van der Waals surface area contributed by atoms with E-state index in [-0.39, 0.29) is 11.9 Å². The number of hydrogen-bond acceptors (Lipinski definition) is 5. The summed E-state index contributed by atoms with van der Waals surface area (Å²) in [6.07, 6.45) is 2.16. The van der Waals surface area contributed by atoms with E-state index in [1.165, 1.54) is 12.1 Å². The van der Waals surface area contributed by atoms with E-state index in [9.17, 15) is 4.79 Å². The molecule has 0 radical (unpaired) electrons.